The monoisotopic (exact) mass is 395 g/mol. The number of thiophene rings is 1. The average molecular weight is 396 g/mol. The molecular weight excluding hydrogens is 374 g/mol. The lowest BCUT2D eigenvalue weighted by molar-refractivity contribution is 0.0528. The first-order valence-electron chi connectivity index (χ1n) is 8.11. The van der Waals surface area contributed by atoms with Crippen LogP contribution in [0.1, 0.15) is 45.0 Å². The Labute approximate surface area is 157 Å². The molecule has 0 aliphatic heterocycles. The van der Waals surface area contributed by atoms with Crippen molar-refractivity contribution >= 4 is 38.1 Å². The number of carbonyl (C=O) groups is 2. The fourth-order valence-corrected chi connectivity index (χ4v) is 4.11. The summed E-state index contributed by atoms with van der Waals surface area (Å²) < 4.78 is 27.9. The predicted octanol–water partition coefficient (Wildman–Crippen LogP) is 3.28. The third-order valence-corrected chi connectivity index (χ3v) is 5.52. The number of sulfone groups is 1. The van der Waals surface area contributed by atoms with Crippen LogP contribution < -0.4 is 5.32 Å². The number of nitrogens with one attached hydrogen (secondary N) is 1. The lowest BCUT2D eigenvalue weighted by Crippen LogP contribution is -2.14. The first kappa shape index (κ1) is 20.1. The number of esters is 1. The molecule has 26 heavy (non-hydrogen) atoms. The van der Waals surface area contributed by atoms with Gasteiger partial charge >= 0.3 is 5.97 Å². The minimum absolute atomic E-state index is 0.138. The van der Waals surface area contributed by atoms with Crippen molar-refractivity contribution in [3.63, 3.8) is 0 Å². The topological polar surface area (TPSA) is 89.5 Å². The van der Waals surface area contributed by atoms with Gasteiger partial charge in [-0.15, -0.1) is 11.3 Å². The highest BCUT2D eigenvalue weighted by Gasteiger charge is 2.19. The molecule has 1 heterocycles. The average Bonchev–Trinajstić information content (AvgIpc) is 2.97. The largest absolute Gasteiger partial charge is 0.462 e. The number of carbonyl (C=O) groups excluding carboxylic acids is 2. The van der Waals surface area contributed by atoms with Gasteiger partial charge in [-0.25, -0.2) is 13.2 Å². The van der Waals surface area contributed by atoms with Crippen LogP contribution in [0.5, 0.6) is 0 Å². The quantitative estimate of drug-likeness (QED) is 0.727. The Morgan fingerprint density at radius 2 is 1.92 bits per heavy atom. The van der Waals surface area contributed by atoms with Gasteiger partial charge in [-0.05, 0) is 37.1 Å². The van der Waals surface area contributed by atoms with E-state index in [2.05, 4.69) is 5.32 Å². The maximum Gasteiger partial charge on any atom is 0.341 e. The van der Waals surface area contributed by atoms with E-state index in [-0.39, 0.29) is 12.4 Å². The van der Waals surface area contributed by atoms with E-state index in [0.29, 0.717) is 21.7 Å². The number of rotatable bonds is 7. The molecular formula is C18H21NO5S2. The Kier molecular flexibility index (Phi) is 6.55. The van der Waals surface area contributed by atoms with E-state index in [1.165, 1.54) is 17.4 Å². The van der Waals surface area contributed by atoms with Crippen LogP contribution in [-0.4, -0.2) is 33.2 Å². The molecule has 0 aliphatic rings. The van der Waals surface area contributed by atoms with Gasteiger partial charge in [0.05, 0.1) is 17.9 Å². The third-order valence-electron chi connectivity index (χ3n) is 3.47. The highest BCUT2D eigenvalue weighted by Crippen LogP contribution is 2.30. The van der Waals surface area contributed by atoms with Gasteiger partial charge in [-0.3, -0.25) is 4.79 Å². The molecule has 0 atom stereocenters. The van der Waals surface area contributed by atoms with Crippen molar-refractivity contribution in [2.75, 3.05) is 18.2 Å². The Morgan fingerprint density at radius 1 is 1.19 bits per heavy atom. The molecule has 0 saturated heterocycles. The molecule has 1 amide bonds. The molecule has 140 valence electrons. The maximum absolute atomic E-state index is 12.6. The number of hydrogen-bond donors (Lipinski definition) is 1. The first-order chi connectivity index (χ1) is 12.2. The van der Waals surface area contributed by atoms with E-state index in [0.717, 1.165) is 17.6 Å². The van der Waals surface area contributed by atoms with Gasteiger partial charge in [0, 0.05) is 16.7 Å². The molecule has 0 fully saturated rings. The summed E-state index contributed by atoms with van der Waals surface area (Å²) in [6, 6.07) is 8.14. The van der Waals surface area contributed by atoms with Gasteiger partial charge in [0.15, 0.2) is 9.84 Å². The predicted molar refractivity (Wildman–Crippen MR) is 103 cm³/mol. The lowest BCUT2D eigenvalue weighted by Gasteiger charge is -2.07. The first-order valence-corrected chi connectivity index (χ1v) is 11.0. The molecule has 0 radical (unpaired) electrons. The molecule has 0 bridgehead atoms. The number of amides is 1. The molecule has 2 rings (SSSR count). The number of ether oxygens (including phenoxy) is 1. The van der Waals surface area contributed by atoms with Gasteiger partial charge in [0.2, 0.25) is 0 Å². The summed E-state index contributed by atoms with van der Waals surface area (Å²) in [5.74, 6) is -1.03. The minimum atomic E-state index is -3.19. The number of anilines is 1. The van der Waals surface area contributed by atoms with Crippen molar-refractivity contribution in [3.05, 3.63) is 51.9 Å². The van der Waals surface area contributed by atoms with Crippen LogP contribution >= 0.6 is 11.3 Å². The van der Waals surface area contributed by atoms with Gasteiger partial charge in [-0.2, -0.15) is 0 Å². The summed E-state index contributed by atoms with van der Waals surface area (Å²) in [4.78, 5) is 25.6. The second-order valence-electron chi connectivity index (χ2n) is 5.75. The Bertz CT molecular complexity index is 915. The lowest BCUT2D eigenvalue weighted by atomic mass is 10.1. The fraction of sp³-hybridized carbons (Fsp3) is 0.333. The SMILES string of the molecule is CCOC(=O)c1cc(CC)sc1NC(=O)c1cccc(CS(C)(=O)=O)c1. The highest BCUT2D eigenvalue weighted by molar-refractivity contribution is 7.89. The van der Waals surface area contributed by atoms with Gasteiger partial charge < -0.3 is 10.1 Å². The molecule has 0 saturated carbocycles. The smallest absolute Gasteiger partial charge is 0.341 e. The summed E-state index contributed by atoms with van der Waals surface area (Å²) in [5.41, 5.74) is 1.19. The van der Waals surface area contributed by atoms with Crippen molar-refractivity contribution in [2.45, 2.75) is 26.0 Å². The third kappa shape index (κ3) is 5.40. The molecule has 8 heteroatoms. The summed E-state index contributed by atoms with van der Waals surface area (Å²) in [7, 11) is -3.19. The molecule has 0 unspecified atom stereocenters. The standard InChI is InChI=1S/C18H21NO5S2/c1-4-14-10-15(18(21)24-5-2)17(25-14)19-16(20)13-8-6-7-12(9-13)11-26(3,22)23/h6-10H,4-5,11H2,1-3H3,(H,19,20). The van der Waals surface area contributed by atoms with Crippen molar-refractivity contribution < 1.29 is 22.7 Å². The van der Waals surface area contributed by atoms with E-state index in [1.54, 1.807) is 31.2 Å². The van der Waals surface area contributed by atoms with E-state index in [1.807, 2.05) is 6.92 Å². The van der Waals surface area contributed by atoms with Gasteiger partial charge in [0.1, 0.15) is 5.00 Å². The highest BCUT2D eigenvalue weighted by atomic mass is 32.2. The summed E-state index contributed by atoms with van der Waals surface area (Å²) >= 11 is 1.32. The van der Waals surface area contributed by atoms with Crippen LogP contribution in [0, 0.1) is 0 Å². The van der Waals surface area contributed by atoms with Crippen LogP contribution in [0.3, 0.4) is 0 Å². The molecule has 1 N–H and O–H groups in total. The molecule has 0 spiro atoms. The van der Waals surface area contributed by atoms with Crippen LogP contribution in [0.4, 0.5) is 5.00 Å². The summed E-state index contributed by atoms with van der Waals surface area (Å²) in [6.45, 7) is 3.93. The second-order valence-corrected chi connectivity index (χ2v) is 9.03. The van der Waals surface area contributed by atoms with E-state index < -0.39 is 21.7 Å². The summed E-state index contributed by atoms with van der Waals surface area (Å²) in [5, 5.41) is 3.17. The second kappa shape index (κ2) is 8.46. The Morgan fingerprint density at radius 3 is 2.54 bits per heavy atom. The number of benzene rings is 1. The fourth-order valence-electron chi connectivity index (χ4n) is 2.35. The number of hydrogen-bond acceptors (Lipinski definition) is 6. The normalized spacial score (nSPS) is 11.2. The van der Waals surface area contributed by atoms with Crippen molar-refractivity contribution in [2.24, 2.45) is 0 Å². The zero-order valence-corrected chi connectivity index (χ0v) is 16.5. The molecule has 0 aliphatic carbocycles. The van der Waals surface area contributed by atoms with Gasteiger partial charge in [-0.1, -0.05) is 19.1 Å². The Hall–Kier alpha value is -2.19. The van der Waals surface area contributed by atoms with E-state index >= 15 is 0 Å². The molecule has 2 aromatic rings. The van der Waals surface area contributed by atoms with Crippen LogP contribution in [0.2, 0.25) is 0 Å². The minimum Gasteiger partial charge on any atom is -0.462 e. The van der Waals surface area contributed by atoms with Crippen LogP contribution in [-0.2, 0) is 26.7 Å². The van der Waals surface area contributed by atoms with Crippen LogP contribution in [0.15, 0.2) is 30.3 Å². The number of aryl methyl sites for hydroxylation is 1. The Balaban J connectivity index is 2.26. The van der Waals surface area contributed by atoms with E-state index in [9.17, 15) is 18.0 Å². The van der Waals surface area contributed by atoms with Crippen molar-refractivity contribution in [1.82, 2.24) is 0 Å². The molecule has 1 aromatic carbocycles. The molecule has 1 aromatic heterocycles. The van der Waals surface area contributed by atoms with Crippen molar-refractivity contribution in [1.29, 1.82) is 0 Å². The van der Waals surface area contributed by atoms with Crippen molar-refractivity contribution in [3.8, 4) is 0 Å². The zero-order valence-electron chi connectivity index (χ0n) is 14.9. The van der Waals surface area contributed by atoms with E-state index in [4.69, 9.17) is 4.74 Å². The zero-order chi connectivity index (χ0) is 19.3. The van der Waals surface area contributed by atoms with Gasteiger partial charge in [0.25, 0.3) is 5.91 Å². The molecule has 6 nitrogen and oxygen atoms in total. The maximum atomic E-state index is 12.6. The summed E-state index contributed by atoms with van der Waals surface area (Å²) in [6.07, 6.45) is 1.88. The van der Waals surface area contributed by atoms with Crippen LogP contribution in [0.25, 0.3) is 0 Å².